The molecule has 0 amide bonds. The van der Waals surface area contributed by atoms with Gasteiger partial charge in [-0.3, -0.25) is 0 Å². The molecule has 0 atom stereocenters. The molecule has 92 valence electrons. The molecule has 0 fully saturated rings. The van der Waals surface area contributed by atoms with Crippen molar-refractivity contribution in [3.63, 3.8) is 0 Å². The summed E-state index contributed by atoms with van der Waals surface area (Å²) >= 11 is 0. The van der Waals surface area contributed by atoms with E-state index >= 15 is 0 Å². The van der Waals surface area contributed by atoms with Crippen LogP contribution in [0.25, 0.3) is 11.1 Å². The molecule has 0 spiro atoms. The molecular formula is C13H12NO3P. The molecule has 0 saturated heterocycles. The summed E-state index contributed by atoms with van der Waals surface area (Å²) in [4.78, 5) is 15.2. The molecule has 0 heterocycles. The fraction of sp³-hybridized carbons (Fsp3) is 0. The van der Waals surface area contributed by atoms with Crippen molar-refractivity contribution in [2.45, 2.75) is 0 Å². The number of hydrogen-bond acceptors (Lipinski definition) is 2. The number of benzene rings is 2. The Labute approximate surface area is 105 Å². The average Bonchev–Trinajstić information content (AvgIpc) is 2.41. The van der Waals surface area contributed by atoms with E-state index in [9.17, 15) is 4.57 Å². The lowest BCUT2D eigenvalue weighted by molar-refractivity contribution is 0.388. The second-order valence-electron chi connectivity index (χ2n) is 3.38. The minimum absolute atomic E-state index is 0.771. The van der Waals surface area contributed by atoms with Gasteiger partial charge >= 0.3 is 7.60 Å². The Bertz CT molecular complexity index is 520. The van der Waals surface area contributed by atoms with Crippen LogP contribution in [-0.2, 0) is 4.57 Å². The van der Waals surface area contributed by atoms with Gasteiger partial charge in [-0.15, -0.1) is 0 Å². The second kappa shape index (κ2) is 6.73. The normalized spacial score (nSPS) is 9.83. The SMILES string of the molecule is N#CP(=O)(O)O.c1ccc(-c2ccccc2)cc1. The predicted octanol–water partition coefficient (Wildman–Crippen LogP) is 3.00. The second-order valence-corrected chi connectivity index (χ2v) is 4.66. The van der Waals surface area contributed by atoms with Crippen LogP contribution >= 0.6 is 7.60 Å². The lowest BCUT2D eigenvalue weighted by atomic mass is 10.1. The number of nitriles is 1. The highest BCUT2D eigenvalue weighted by Gasteiger charge is 2.06. The molecule has 0 aliphatic heterocycles. The lowest BCUT2D eigenvalue weighted by Gasteiger charge is -1.98. The molecule has 0 aliphatic rings. The summed E-state index contributed by atoms with van der Waals surface area (Å²) in [6.07, 6.45) is 0. The van der Waals surface area contributed by atoms with Crippen LogP contribution < -0.4 is 0 Å². The molecule has 0 bridgehead atoms. The summed E-state index contributed by atoms with van der Waals surface area (Å²) in [5.41, 5.74) is 2.55. The molecule has 2 aromatic carbocycles. The first kappa shape index (κ1) is 14.1. The Morgan fingerprint density at radius 2 is 1.11 bits per heavy atom. The highest BCUT2D eigenvalue weighted by molar-refractivity contribution is 7.57. The number of rotatable bonds is 1. The van der Waals surface area contributed by atoms with Crippen LogP contribution in [0.4, 0.5) is 0 Å². The predicted molar refractivity (Wildman–Crippen MR) is 69.5 cm³/mol. The average molecular weight is 261 g/mol. The van der Waals surface area contributed by atoms with Gasteiger partial charge in [0.1, 0.15) is 0 Å². The van der Waals surface area contributed by atoms with Crippen LogP contribution in [0, 0.1) is 11.1 Å². The highest BCUT2D eigenvalue weighted by atomic mass is 31.2. The first-order valence-electron chi connectivity index (χ1n) is 5.10. The molecule has 5 heteroatoms. The van der Waals surface area contributed by atoms with Gasteiger partial charge in [-0.2, -0.15) is 5.26 Å². The van der Waals surface area contributed by atoms with Crippen molar-refractivity contribution in [1.29, 1.82) is 5.26 Å². The van der Waals surface area contributed by atoms with Gasteiger partial charge in [-0.05, 0) is 11.1 Å². The summed E-state index contributed by atoms with van der Waals surface area (Å²) in [5.74, 6) is 0.771. The smallest absolute Gasteiger partial charge is 0.314 e. The first-order valence-corrected chi connectivity index (χ1v) is 6.71. The van der Waals surface area contributed by atoms with E-state index in [1.807, 2.05) is 12.1 Å². The van der Waals surface area contributed by atoms with Crippen molar-refractivity contribution >= 4 is 7.60 Å². The van der Waals surface area contributed by atoms with Gasteiger partial charge in [0.05, 0.1) is 0 Å². The Morgan fingerprint density at radius 3 is 1.33 bits per heavy atom. The maximum absolute atomic E-state index is 9.33. The minimum Gasteiger partial charge on any atom is -0.314 e. The van der Waals surface area contributed by atoms with E-state index in [0.29, 0.717) is 0 Å². The molecular weight excluding hydrogens is 249 g/mol. The van der Waals surface area contributed by atoms with Crippen molar-refractivity contribution in [2.75, 3.05) is 0 Å². The van der Waals surface area contributed by atoms with Crippen LogP contribution in [0.3, 0.4) is 0 Å². The van der Waals surface area contributed by atoms with Crippen molar-refractivity contribution < 1.29 is 14.4 Å². The monoisotopic (exact) mass is 261 g/mol. The zero-order valence-electron chi connectivity index (χ0n) is 9.47. The van der Waals surface area contributed by atoms with E-state index in [2.05, 4.69) is 48.5 Å². The van der Waals surface area contributed by atoms with Gasteiger partial charge in [0.2, 0.25) is 0 Å². The highest BCUT2D eigenvalue weighted by Crippen LogP contribution is 2.30. The van der Waals surface area contributed by atoms with Crippen LogP contribution in [0.2, 0.25) is 0 Å². The van der Waals surface area contributed by atoms with E-state index in [1.54, 1.807) is 0 Å². The molecule has 4 nitrogen and oxygen atoms in total. The van der Waals surface area contributed by atoms with E-state index in [-0.39, 0.29) is 0 Å². The van der Waals surface area contributed by atoms with Gasteiger partial charge in [0.25, 0.3) is 0 Å². The van der Waals surface area contributed by atoms with Crippen LogP contribution in [-0.4, -0.2) is 9.79 Å². The summed E-state index contributed by atoms with van der Waals surface area (Å²) in [7, 11) is -4.34. The molecule has 2 N–H and O–H groups in total. The van der Waals surface area contributed by atoms with Crippen LogP contribution in [0.1, 0.15) is 0 Å². The minimum atomic E-state index is -4.34. The Hall–Kier alpha value is -1.92. The van der Waals surface area contributed by atoms with Crippen LogP contribution in [0.5, 0.6) is 0 Å². The summed E-state index contributed by atoms with van der Waals surface area (Å²) in [5, 5.41) is 7.39. The molecule has 0 aromatic heterocycles. The zero-order valence-corrected chi connectivity index (χ0v) is 10.4. The maximum Gasteiger partial charge on any atom is 0.426 e. The van der Waals surface area contributed by atoms with Crippen molar-refractivity contribution in [3.8, 4) is 16.9 Å². The zero-order chi connectivity index (χ0) is 13.4. The third-order valence-corrected chi connectivity index (χ3v) is 2.27. The summed E-state index contributed by atoms with van der Waals surface area (Å²) in [6.45, 7) is 0. The van der Waals surface area contributed by atoms with E-state index < -0.39 is 7.60 Å². The van der Waals surface area contributed by atoms with Crippen molar-refractivity contribution in [3.05, 3.63) is 60.7 Å². The third kappa shape index (κ3) is 5.42. The lowest BCUT2D eigenvalue weighted by Crippen LogP contribution is -1.73. The fourth-order valence-corrected chi connectivity index (χ4v) is 1.26. The molecule has 0 radical (unpaired) electrons. The summed E-state index contributed by atoms with van der Waals surface area (Å²) < 4.78 is 9.33. The molecule has 0 aliphatic carbocycles. The van der Waals surface area contributed by atoms with Gasteiger partial charge in [0, 0.05) is 0 Å². The van der Waals surface area contributed by atoms with E-state index in [1.165, 1.54) is 11.1 Å². The Balaban J connectivity index is 0.000000232. The van der Waals surface area contributed by atoms with E-state index in [0.717, 1.165) is 5.81 Å². The molecule has 18 heavy (non-hydrogen) atoms. The largest absolute Gasteiger partial charge is 0.426 e. The first-order chi connectivity index (χ1) is 8.53. The van der Waals surface area contributed by atoms with E-state index in [4.69, 9.17) is 15.0 Å². The fourth-order valence-electron chi connectivity index (χ4n) is 1.26. The standard InChI is InChI=1S/C12H10.CH2NO3P/c1-3-7-11(8-4-1)12-9-5-2-6-10-12;2-1-6(3,4)5/h1-10H;(H2,3,4,5). The van der Waals surface area contributed by atoms with Gasteiger partial charge in [-0.25, -0.2) is 4.57 Å². The third-order valence-electron chi connectivity index (χ3n) is 2.01. The van der Waals surface area contributed by atoms with Crippen molar-refractivity contribution in [1.82, 2.24) is 0 Å². The number of hydrogen-bond donors (Lipinski definition) is 2. The van der Waals surface area contributed by atoms with Gasteiger partial charge < -0.3 is 9.79 Å². The molecule has 0 unspecified atom stereocenters. The molecule has 2 rings (SSSR count). The molecule has 2 aromatic rings. The van der Waals surface area contributed by atoms with Crippen LogP contribution in [0.15, 0.2) is 60.7 Å². The summed E-state index contributed by atoms with van der Waals surface area (Å²) in [6, 6.07) is 20.8. The Morgan fingerprint density at radius 1 is 0.833 bits per heavy atom. The quantitative estimate of drug-likeness (QED) is 0.773. The van der Waals surface area contributed by atoms with Crippen molar-refractivity contribution in [2.24, 2.45) is 0 Å². The molecule has 0 saturated carbocycles. The Kier molecular flexibility index (Phi) is 5.29. The topological polar surface area (TPSA) is 81.3 Å². The number of nitrogens with zero attached hydrogens (tertiary/aromatic N) is 1. The van der Waals surface area contributed by atoms with Gasteiger partial charge in [-0.1, -0.05) is 60.7 Å². The maximum atomic E-state index is 9.33. The van der Waals surface area contributed by atoms with Gasteiger partial charge in [0.15, 0.2) is 5.81 Å².